The summed E-state index contributed by atoms with van der Waals surface area (Å²) in [6.07, 6.45) is -0.967. The monoisotopic (exact) mass is 281 g/mol. The largest absolute Gasteiger partial charge is 0.478 e. The molecular formula is C12H18F3NO3. The summed E-state index contributed by atoms with van der Waals surface area (Å²) in [6, 6.07) is 0. The highest BCUT2D eigenvalue weighted by molar-refractivity contribution is 5.85. The van der Waals surface area contributed by atoms with Crippen LogP contribution in [0.5, 0.6) is 0 Å². The average molecular weight is 281 g/mol. The van der Waals surface area contributed by atoms with Crippen molar-refractivity contribution in [3.8, 4) is 0 Å². The predicted octanol–water partition coefficient (Wildman–Crippen LogP) is 2.65. The van der Waals surface area contributed by atoms with Gasteiger partial charge in [0, 0.05) is 12.1 Å². The predicted molar refractivity (Wildman–Crippen MR) is 63.5 cm³/mol. The summed E-state index contributed by atoms with van der Waals surface area (Å²) in [5, 5.41) is 10.3. The zero-order valence-corrected chi connectivity index (χ0v) is 10.6. The highest BCUT2D eigenvalue weighted by Crippen LogP contribution is 2.14. The van der Waals surface area contributed by atoms with Gasteiger partial charge in [-0.1, -0.05) is 25.8 Å². The van der Waals surface area contributed by atoms with Crippen LogP contribution < -0.4 is 5.32 Å². The smallest absolute Gasteiger partial charge is 0.471 e. The molecule has 0 heterocycles. The molecule has 2 N–H and O–H groups in total. The lowest BCUT2D eigenvalue weighted by molar-refractivity contribution is -0.173. The molecule has 0 aromatic carbocycles. The van der Waals surface area contributed by atoms with Crippen LogP contribution in [0.25, 0.3) is 0 Å². The molecule has 0 saturated carbocycles. The Morgan fingerprint density at radius 2 is 1.58 bits per heavy atom. The molecule has 0 spiro atoms. The van der Waals surface area contributed by atoms with Crippen molar-refractivity contribution in [1.29, 1.82) is 0 Å². The summed E-state index contributed by atoms with van der Waals surface area (Å²) in [6.45, 7) is 3.39. The van der Waals surface area contributed by atoms with Crippen molar-refractivity contribution in [2.45, 2.75) is 44.7 Å². The van der Waals surface area contributed by atoms with Crippen molar-refractivity contribution in [3.63, 3.8) is 0 Å². The molecule has 0 unspecified atom stereocenters. The van der Waals surface area contributed by atoms with E-state index in [1.807, 2.05) is 0 Å². The maximum Gasteiger partial charge on any atom is 0.471 e. The molecular weight excluding hydrogens is 263 g/mol. The van der Waals surface area contributed by atoms with Gasteiger partial charge in [0.2, 0.25) is 0 Å². The minimum atomic E-state index is -4.82. The van der Waals surface area contributed by atoms with E-state index in [0.29, 0.717) is 25.7 Å². The van der Waals surface area contributed by atoms with E-state index in [2.05, 4.69) is 6.58 Å². The van der Waals surface area contributed by atoms with Crippen molar-refractivity contribution in [3.05, 3.63) is 12.2 Å². The number of hydrogen-bond donors (Lipinski definition) is 2. The second kappa shape index (κ2) is 8.55. The highest BCUT2D eigenvalue weighted by atomic mass is 19.4. The van der Waals surface area contributed by atoms with Crippen molar-refractivity contribution in [2.75, 3.05) is 6.54 Å². The summed E-state index contributed by atoms with van der Waals surface area (Å²) < 4.78 is 35.4. The zero-order valence-electron chi connectivity index (χ0n) is 10.6. The zero-order chi connectivity index (χ0) is 14.9. The number of carboxylic acid groups (broad SMARTS) is 1. The first kappa shape index (κ1) is 17.5. The molecule has 1 amide bonds. The van der Waals surface area contributed by atoms with Gasteiger partial charge >= 0.3 is 18.1 Å². The van der Waals surface area contributed by atoms with Crippen LogP contribution in [-0.4, -0.2) is 29.7 Å². The van der Waals surface area contributed by atoms with E-state index in [1.165, 1.54) is 0 Å². The van der Waals surface area contributed by atoms with Gasteiger partial charge in [-0.15, -0.1) is 0 Å². The van der Waals surface area contributed by atoms with Crippen LogP contribution in [0.4, 0.5) is 13.2 Å². The minimum Gasteiger partial charge on any atom is -0.478 e. The molecule has 0 fully saturated rings. The molecule has 4 nitrogen and oxygen atoms in total. The lowest BCUT2D eigenvalue weighted by Crippen LogP contribution is -2.37. The van der Waals surface area contributed by atoms with Crippen LogP contribution in [0, 0.1) is 0 Å². The molecule has 0 atom stereocenters. The first-order chi connectivity index (χ1) is 8.75. The Bertz CT molecular complexity index is 327. The van der Waals surface area contributed by atoms with Crippen LogP contribution >= 0.6 is 0 Å². The normalized spacial score (nSPS) is 11.1. The third-order valence-electron chi connectivity index (χ3n) is 2.50. The molecule has 0 aliphatic carbocycles. The van der Waals surface area contributed by atoms with Gasteiger partial charge in [0.25, 0.3) is 0 Å². The van der Waals surface area contributed by atoms with Crippen molar-refractivity contribution in [1.82, 2.24) is 5.32 Å². The van der Waals surface area contributed by atoms with E-state index in [4.69, 9.17) is 5.11 Å². The molecule has 0 aliphatic heterocycles. The standard InChI is InChI=1S/C12H18F3NO3/c1-9(10(17)18)7-5-3-2-4-6-8-16-11(19)12(13,14)15/h1-8H2,(H,16,19)(H,17,18). The second-order valence-electron chi connectivity index (χ2n) is 4.18. The molecule has 110 valence electrons. The second-order valence-corrected chi connectivity index (χ2v) is 4.18. The van der Waals surface area contributed by atoms with Gasteiger partial charge in [0.05, 0.1) is 0 Å². The SMILES string of the molecule is C=C(CCCCCCCNC(=O)C(F)(F)F)C(=O)O. The van der Waals surface area contributed by atoms with E-state index in [0.717, 1.165) is 12.8 Å². The molecule has 7 heteroatoms. The fourth-order valence-corrected chi connectivity index (χ4v) is 1.40. The molecule has 19 heavy (non-hydrogen) atoms. The number of carbonyl (C=O) groups excluding carboxylic acids is 1. The molecule has 0 aromatic rings. The molecule has 0 radical (unpaired) electrons. The Labute approximate surface area is 109 Å². The molecule has 0 rings (SSSR count). The number of carbonyl (C=O) groups is 2. The van der Waals surface area contributed by atoms with E-state index in [9.17, 15) is 22.8 Å². The molecule has 0 aromatic heterocycles. The van der Waals surface area contributed by atoms with Gasteiger partial charge in [-0.3, -0.25) is 4.79 Å². The number of alkyl halides is 3. The van der Waals surface area contributed by atoms with E-state index in [1.54, 1.807) is 5.32 Å². The number of unbranched alkanes of at least 4 members (excludes halogenated alkanes) is 4. The van der Waals surface area contributed by atoms with Crippen LogP contribution in [-0.2, 0) is 9.59 Å². The maximum atomic E-state index is 11.8. The van der Waals surface area contributed by atoms with Crippen molar-refractivity contribution < 1.29 is 27.9 Å². The highest BCUT2D eigenvalue weighted by Gasteiger charge is 2.38. The van der Waals surface area contributed by atoms with E-state index < -0.39 is 18.1 Å². The van der Waals surface area contributed by atoms with Crippen molar-refractivity contribution in [2.24, 2.45) is 0 Å². The van der Waals surface area contributed by atoms with Crippen molar-refractivity contribution >= 4 is 11.9 Å². The van der Waals surface area contributed by atoms with Crippen LogP contribution in [0.1, 0.15) is 38.5 Å². The van der Waals surface area contributed by atoms with Gasteiger partial charge in [0.1, 0.15) is 0 Å². The van der Waals surface area contributed by atoms with Gasteiger partial charge < -0.3 is 10.4 Å². The number of amides is 1. The Kier molecular flexibility index (Phi) is 7.86. The minimum absolute atomic E-state index is 0.000176. The van der Waals surface area contributed by atoms with Gasteiger partial charge in [-0.05, 0) is 19.3 Å². The Morgan fingerprint density at radius 1 is 1.05 bits per heavy atom. The molecule has 0 bridgehead atoms. The van der Waals surface area contributed by atoms with Crippen LogP contribution in [0.15, 0.2) is 12.2 Å². The van der Waals surface area contributed by atoms with E-state index >= 15 is 0 Å². The van der Waals surface area contributed by atoms with Gasteiger partial charge in [-0.25, -0.2) is 4.79 Å². The number of hydrogen-bond acceptors (Lipinski definition) is 2. The maximum absolute atomic E-state index is 11.8. The first-order valence-corrected chi connectivity index (χ1v) is 6.01. The molecule has 0 aliphatic rings. The van der Waals surface area contributed by atoms with E-state index in [-0.39, 0.29) is 12.1 Å². The number of nitrogens with one attached hydrogen (secondary N) is 1. The topological polar surface area (TPSA) is 66.4 Å². The van der Waals surface area contributed by atoms with Crippen LogP contribution in [0.3, 0.4) is 0 Å². The molecule has 0 saturated heterocycles. The quantitative estimate of drug-likeness (QED) is 0.504. The van der Waals surface area contributed by atoms with Crippen LogP contribution in [0.2, 0.25) is 0 Å². The summed E-state index contributed by atoms with van der Waals surface area (Å²) in [4.78, 5) is 20.9. The average Bonchev–Trinajstić information content (AvgIpc) is 2.30. The number of aliphatic carboxylic acids is 1. The fraction of sp³-hybridized carbons (Fsp3) is 0.667. The summed E-state index contributed by atoms with van der Waals surface area (Å²) in [5.41, 5.74) is 0.164. The third kappa shape index (κ3) is 9.10. The lowest BCUT2D eigenvalue weighted by Gasteiger charge is -2.07. The number of halogens is 3. The third-order valence-corrected chi connectivity index (χ3v) is 2.50. The van der Waals surface area contributed by atoms with Gasteiger partial charge in [0.15, 0.2) is 0 Å². The summed E-state index contributed by atoms with van der Waals surface area (Å²) in [7, 11) is 0. The van der Waals surface area contributed by atoms with Gasteiger partial charge in [-0.2, -0.15) is 13.2 Å². The summed E-state index contributed by atoms with van der Waals surface area (Å²) in [5.74, 6) is -2.92. The lowest BCUT2D eigenvalue weighted by atomic mass is 10.1. The fourth-order valence-electron chi connectivity index (χ4n) is 1.40. The number of rotatable bonds is 9. The number of carboxylic acids is 1. The Hall–Kier alpha value is -1.53. The Morgan fingerprint density at radius 3 is 2.11 bits per heavy atom. The first-order valence-electron chi connectivity index (χ1n) is 6.01. The summed E-state index contributed by atoms with van der Waals surface area (Å²) >= 11 is 0. The Balaban J connectivity index is 3.40.